The van der Waals surface area contributed by atoms with Gasteiger partial charge in [-0.15, -0.1) is 12.4 Å². The molecule has 0 amide bonds. The number of nitrogens with one attached hydrogen (secondary N) is 1. The maximum atomic E-state index is 14.0. The molecule has 0 fully saturated rings. The third-order valence-corrected chi connectivity index (χ3v) is 4.56. The van der Waals surface area contributed by atoms with Crippen LogP contribution in [0.5, 0.6) is 0 Å². The molecule has 7 heteroatoms. The van der Waals surface area contributed by atoms with Crippen molar-refractivity contribution in [3.05, 3.63) is 40.3 Å². The highest BCUT2D eigenvalue weighted by molar-refractivity contribution is 7.98. The summed E-state index contributed by atoms with van der Waals surface area (Å²) in [7, 11) is 0. The van der Waals surface area contributed by atoms with E-state index in [1.165, 1.54) is 24.2 Å². The predicted octanol–water partition coefficient (Wildman–Crippen LogP) is 5.43. The van der Waals surface area contributed by atoms with Crippen molar-refractivity contribution in [2.24, 2.45) is 0 Å². The summed E-state index contributed by atoms with van der Waals surface area (Å²) in [5.74, 6) is 0.344. The maximum absolute atomic E-state index is 14.0. The van der Waals surface area contributed by atoms with Gasteiger partial charge in [0.25, 0.3) is 0 Å². The Bertz CT molecular complexity index is 697. The van der Waals surface area contributed by atoms with Crippen LogP contribution in [0, 0.1) is 5.82 Å². The molecule has 0 radical (unpaired) electrons. The van der Waals surface area contributed by atoms with Crippen LogP contribution in [0.25, 0.3) is 0 Å². The van der Waals surface area contributed by atoms with Crippen molar-refractivity contribution in [2.75, 3.05) is 11.6 Å². The third-order valence-electron chi connectivity index (χ3n) is 3.78. The molecule has 23 heavy (non-hydrogen) atoms. The Balaban J connectivity index is 0.00000192. The Morgan fingerprint density at radius 2 is 1.96 bits per heavy atom. The summed E-state index contributed by atoms with van der Waals surface area (Å²) in [4.78, 5) is 9.17. The Morgan fingerprint density at radius 3 is 2.70 bits per heavy atom. The average Bonchev–Trinajstić information content (AvgIpc) is 2.75. The lowest BCUT2D eigenvalue weighted by atomic mass is 10.1. The SMILES string of the molecule is CSc1nc2c(c(Nc3ccc(Cl)cc3F)n1)CCCCC2.Cl. The second-order valence-corrected chi connectivity index (χ2v) is 6.50. The second kappa shape index (κ2) is 8.18. The number of hydrogen-bond acceptors (Lipinski definition) is 4. The van der Waals surface area contributed by atoms with Crippen molar-refractivity contribution >= 4 is 47.3 Å². The van der Waals surface area contributed by atoms with Crippen LogP contribution >= 0.6 is 35.8 Å². The number of hydrogen-bond donors (Lipinski definition) is 1. The van der Waals surface area contributed by atoms with Gasteiger partial charge in [0.2, 0.25) is 0 Å². The van der Waals surface area contributed by atoms with Crippen LogP contribution in [-0.2, 0) is 12.8 Å². The summed E-state index contributed by atoms with van der Waals surface area (Å²) in [5.41, 5.74) is 2.60. The smallest absolute Gasteiger partial charge is 0.189 e. The minimum absolute atomic E-state index is 0. The average molecular weight is 374 g/mol. The largest absolute Gasteiger partial charge is 0.337 e. The lowest BCUT2D eigenvalue weighted by Gasteiger charge is -2.14. The number of fused-ring (bicyclic) bond motifs is 1. The van der Waals surface area contributed by atoms with Gasteiger partial charge >= 0.3 is 0 Å². The molecule has 1 aromatic heterocycles. The second-order valence-electron chi connectivity index (χ2n) is 5.29. The number of rotatable bonds is 3. The monoisotopic (exact) mass is 373 g/mol. The Morgan fingerprint density at radius 1 is 1.17 bits per heavy atom. The van der Waals surface area contributed by atoms with E-state index in [4.69, 9.17) is 11.6 Å². The molecule has 1 aliphatic rings. The quantitative estimate of drug-likeness (QED) is 0.442. The van der Waals surface area contributed by atoms with Gasteiger partial charge in [-0.3, -0.25) is 0 Å². The van der Waals surface area contributed by atoms with Crippen LogP contribution in [0.1, 0.15) is 30.5 Å². The van der Waals surface area contributed by atoms with Crippen molar-refractivity contribution < 1.29 is 4.39 Å². The Labute approximate surface area is 150 Å². The summed E-state index contributed by atoms with van der Waals surface area (Å²) >= 11 is 7.31. The standard InChI is InChI=1S/C16H17ClFN3S.ClH/c1-22-16-20-13-6-4-2-3-5-11(13)15(21-16)19-14-8-7-10(17)9-12(14)18;/h7-9H,2-6H2,1H3,(H,19,20,21);1H. The van der Waals surface area contributed by atoms with Crippen molar-refractivity contribution in [1.82, 2.24) is 9.97 Å². The molecular weight excluding hydrogens is 356 g/mol. The van der Waals surface area contributed by atoms with Crippen LogP contribution in [-0.4, -0.2) is 16.2 Å². The molecule has 3 rings (SSSR count). The zero-order chi connectivity index (χ0) is 15.5. The lowest BCUT2D eigenvalue weighted by Crippen LogP contribution is -2.07. The molecule has 0 spiro atoms. The van der Waals surface area contributed by atoms with Crippen molar-refractivity contribution in [3.8, 4) is 0 Å². The van der Waals surface area contributed by atoms with E-state index in [-0.39, 0.29) is 18.2 Å². The first kappa shape index (κ1) is 18.3. The van der Waals surface area contributed by atoms with Crippen LogP contribution in [0.15, 0.2) is 23.4 Å². The van der Waals surface area contributed by atoms with Gasteiger partial charge in [-0.05, 0) is 50.1 Å². The van der Waals surface area contributed by atoms with Gasteiger partial charge in [-0.25, -0.2) is 14.4 Å². The molecule has 1 N–H and O–H groups in total. The van der Waals surface area contributed by atoms with E-state index in [1.54, 1.807) is 12.1 Å². The van der Waals surface area contributed by atoms with Gasteiger partial charge in [-0.1, -0.05) is 29.8 Å². The molecule has 0 bridgehead atoms. The van der Waals surface area contributed by atoms with Gasteiger partial charge in [0.15, 0.2) is 5.16 Å². The summed E-state index contributed by atoms with van der Waals surface area (Å²) in [6.07, 6.45) is 7.30. The van der Waals surface area contributed by atoms with Gasteiger partial charge in [0, 0.05) is 10.6 Å². The van der Waals surface area contributed by atoms with E-state index >= 15 is 0 Å². The Hall–Kier alpha value is -1.04. The van der Waals surface area contributed by atoms with Crippen molar-refractivity contribution in [2.45, 2.75) is 37.3 Å². The molecule has 124 valence electrons. The first-order valence-corrected chi connectivity index (χ1v) is 8.93. The molecule has 0 unspecified atom stereocenters. The number of thioether (sulfide) groups is 1. The first-order valence-electron chi connectivity index (χ1n) is 7.33. The Kier molecular flexibility index (Phi) is 6.50. The van der Waals surface area contributed by atoms with Gasteiger partial charge in [0.1, 0.15) is 11.6 Å². The van der Waals surface area contributed by atoms with Gasteiger partial charge < -0.3 is 5.32 Å². The minimum atomic E-state index is -0.376. The fourth-order valence-electron chi connectivity index (χ4n) is 2.66. The molecule has 1 aliphatic carbocycles. The highest BCUT2D eigenvalue weighted by atomic mass is 35.5. The molecule has 0 saturated carbocycles. The van der Waals surface area contributed by atoms with E-state index in [0.29, 0.717) is 10.7 Å². The molecule has 0 aliphatic heterocycles. The van der Waals surface area contributed by atoms with Crippen LogP contribution in [0.4, 0.5) is 15.9 Å². The number of halogens is 3. The maximum Gasteiger partial charge on any atom is 0.189 e. The van der Waals surface area contributed by atoms with Crippen LogP contribution in [0.3, 0.4) is 0 Å². The molecule has 2 aromatic rings. The molecular formula is C16H18Cl2FN3S. The van der Waals surface area contributed by atoms with E-state index in [2.05, 4.69) is 15.3 Å². The minimum Gasteiger partial charge on any atom is -0.337 e. The number of benzene rings is 1. The zero-order valence-electron chi connectivity index (χ0n) is 12.7. The first-order chi connectivity index (χ1) is 10.7. The summed E-state index contributed by atoms with van der Waals surface area (Å²) in [6, 6.07) is 4.61. The van der Waals surface area contributed by atoms with E-state index in [9.17, 15) is 4.39 Å². The fourth-order valence-corrected chi connectivity index (χ4v) is 3.20. The summed E-state index contributed by atoms with van der Waals surface area (Å²) in [5, 5.41) is 4.24. The highest BCUT2D eigenvalue weighted by Gasteiger charge is 2.17. The zero-order valence-corrected chi connectivity index (χ0v) is 15.1. The van der Waals surface area contributed by atoms with Gasteiger partial charge in [0.05, 0.1) is 11.4 Å². The van der Waals surface area contributed by atoms with Crippen LogP contribution in [0.2, 0.25) is 5.02 Å². The topological polar surface area (TPSA) is 37.8 Å². The van der Waals surface area contributed by atoms with Crippen molar-refractivity contribution in [3.63, 3.8) is 0 Å². The summed E-state index contributed by atoms with van der Waals surface area (Å²) in [6.45, 7) is 0. The predicted molar refractivity (Wildman–Crippen MR) is 97.0 cm³/mol. The van der Waals surface area contributed by atoms with E-state index in [1.807, 2.05) is 6.26 Å². The van der Waals surface area contributed by atoms with Crippen molar-refractivity contribution in [1.29, 1.82) is 0 Å². The molecule has 3 nitrogen and oxygen atoms in total. The molecule has 0 atom stereocenters. The lowest BCUT2D eigenvalue weighted by molar-refractivity contribution is 0.631. The number of aromatic nitrogens is 2. The normalized spacial score (nSPS) is 13.7. The number of aryl methyl sites for hydroxylation is 1. The number of nitrogens with zero attached hydrogens (tertiary/aromatic N) is 2. The summed E-state index contributed by atoms with van der Waals surface area (Å²) < 4.78 is 14.0. The highest BCUT2D eigenvalue weighted by Crippen LogP contribution is 2.30. The van der Waals surface area contributed by atoms with E-state index in [0.717, 1.165) is 47.9 Å². The third kappa shape index (κ3) is 4.28. The number of anilines is 2. The molecule has 0 saturated heterocycles. The van der Waals surface area contributed by atoms with Gasteiger partial charge in [-0.2, -0.15) is 0 Å². The van der Waals surface area contributed by atoms with Crippen LogP contribution < -0.4 is 5.32 Å². The molecule has 1 heterocycles. The molecule has 1 aromatic carbocycles. The van der Waals surface area contributed by atoms with E-state index < -0.39 is 0 Å². The fraction of sp³-hybridized carbons (Fsp3) is 0.375.